The Bertz CT molecular complexity index is 785. The van der Waals surface area contributed by atoms with E-state index in [2.05, 4.69) is 45.4 Å². The summed E-state index contributed by atoms with van der Waals surface area (Å²) in [5.74, 6) is 0. The fraction of sp³-hybridized carbons (Fsp3) is 0.333. The smallest absolute Gasteiger partial charge is 0.105 e. The fourth-order valence-electron chi connectivity index (χ4n) is 3.37. The SMILES string of the molecule is Cc1cc(NC2CCCC2)c2[nH]c(-c3cnccn3)cc2c1. The van der Waals surface area contributed by atoms with Gasteiger partial charge in [0.05, 0.1) is 23.1 Å². The number of anilines is 1. The molecule has 1 saturated carbocycles. The van der Waals surface area contributed by atoms with Crippen molar-refractivity contribution in [1.82, 2.24) is 15.0 Å². The molecule has 0 spiro atoms. The maximum atomic E-state index is 4.39. The molecule has 4 nitrogen and oxygen atoms in total. The molecule has 0 saturated heterocycles. The number of fused-ring (bicyclic) bond motifs is 1. The van der Waals surface area contributed by atoms with Crippen molar-refractivity contribution in [3.05, 3.63) is 42.4 Å². The van der Waals surface area contributed by atoms with Gasteiger partial charge in [-0.3, -0.25) is 9.97 Å². The third-order valence-electron chi connectivity index (χ3n) is 4.43. The van der Waals surface area contributed by atoms with Crippen molar-refractivity contribution in [2.75, 3.05) is 5.32 Å². The lowest BCUT2D eigenvalue weighted by Crippen LogP contribution is -2.14. The predicted molar refractivity (Wildman–Crippen MR) is 89.9 cm³/mol. The van der Waals surface area contributed by atoms with Crippen LogP contribution in [0.1, 0.15) is 31.2 Å². The molecule has 1 aliphatic rings. The van der Waals surface area contributed by atoms with Crippen LogP contribution in [0.4, 0.5) is 5.69 Å². The van der Waals surface area contributed by atoms with Crippen LogP contribution in [0.5, 0.6) is 0 Å². The Morgan fingerprint density at radius 1 is 1.14 bits per heavy atom. The van der Waals surface area contributed by atoms with E-state index in [1.54, 1.807) is 18.6 Å². The highest BCUT2D eigenvalue weighted by molar-refractivity contribution is 5.95. The summed E-state index contributed by atoms with van der Waals surface area (Å²) in [6.07, 6.45) is 10.4. The van der Waals surface area contributed by atoms with E-state index in [1.165, 1.54) is 42.3 Å². The van der Waals surface area contributed by atoms with Crippen LogP contribution < -0.4 is 5.32 Å². The number of aromatic amines is 1. The van der Waals surface area contributed by atoms with Crippen molar-refractivity contribution >= 4 is 16.6 Å². The highest BCUT2D eigenvalue weighted by Crippen LogP contribution is 2.31. The summed E-state index contributed by atoms with van der Waals surface area (Å²) in [5.41, 5.74) is 5.54. The van der Waals surface area contributed by atoms with Gasteiger partial charge >= 0.3 is 0 Å². The summed E-state index contributed by atoms with van der Waals surface area (Å²) >= 11 is 0. The molecule has 0 unspecified atom stereocenters. The monoisotopic (exact) mass is 292 g/mol. The Labute approximate surface area is 130 Å². The first-order valence-corrected chi connectivity index (χ1v) is 7.96. The standard InChI is InChI=1S/C18H20N4/c1-12-8-13-10-15(17-11-19-6-7-20-17)22-18(13)16(9-12)21-14-4-2-3-5-14/h6-11,14,21-22H,2-5H2,1H3. The van der Waals surface area contributed by atoms with Crippen LogP contribution >= 0.6 is 0 Å². The van der Waals surface area contributed by atoms with Crippen molar-refractivity contribution in [2.24, 2.45) is 0 Å². The van der Waals surface area contributed by atoms with Crippen LogP contribution in [0, 0.1) is 6.92 Å². The zero-order chi connectivity index (χ0) is 14.9. The Morgan fingerprint density at radius 3 is 2.77 bits per heavy atom. The van der Waals surface area contributed by atoms with Crippen molar-refractivity contribution in [1.29, 1.82) is 0 Å². The molecule has 1 aliphatic carbocycles. The van der Waals surface area contributed by atoms with E-state index in [-0.39, 0.29) is 0 Å². The topological polar surface area (TPSA) is 53.6 Å². The van der Waals surface area contributed by atoms with E-state index < -0.39 is 0 Å². The molecule has 4 heteroatoms. The second-order valence-electron chi connectivity index (χ2n) is 6.18. The van der Waals surface area contributed by atoms with Gasteiger partial charge in [0, 0.05) is 23.8 Å². The molecule has 0 radical (unpaired) electrons. The van der Waals surface area contributed by atoms with E-state index in [4.69, 9.17) is 0 Å². The first-order chi connectivity index (χ1) is 10.8. The minimum absolute atomic E-state index is 0.605. The molecule has 0 aliphatic heterocycles. The van der Waals surface area contributed by atoms with E-state index in [0.717, 1.165) is 16.9 Å². The summed E-state index contributed by atoms with van der Waals surface area (Å²) < 4.78 is 0. The Kier molecular flexibility index (Phi) is 3.29. The number of hydrogen-bond donors (Lipinski definition) is 2. The minimum atomic E-state index is 0.605. The Morgan fingerprint density at radius 2 is 2.00 bits per heavy atom. The van der Waals surface area contributed by atoms with Crippen LogP contribution in [0.3, 0.4) is 0 Å². The highest BCUT2D eigenvalue weighted by atomic mass is 14.9. The van der Waals surface area contributed by atoms with E-state index in [1.807, 2.05) is 0 Å². The number of benzene rings is 1. The van der Waals surface area contributed by atoms with Crippen molar-refractivity contribution < 1.29 is 0 Å². The van der Waals surface area contributed by atoms with E-state index in [9.17, 15) is 0 Å². The Balaban J connectivity index is 1.77. The summed E-state index contributed by atoms with van der Waals surface area (Å²) in [5, 5.41) is 4.95. The number of hydrogen-bond acceptors (Lipinski definition) is 3. The predicted octanol–water partition coefficient (Wildman–Crippen LogP) is 4.29. The summed E-state index contributed by atoms with van der Waals surface area (Å²) in [6, 6.07) is 7.21. The lowest BCUT2D eigenvalue weighted by atomic mass is 10.1. The number of aromatic nitrogens is 3. The lowest BCUT2D eigenvalue weighted by Gasteiger charge is -2.15. The van der Waals surface area contributed by atoms with Gasteiger partial charge in [-0.15, -0.1) is 0 Å². The number of nitrogens with one attached hydrogen (secondary N) is 2. The quantitative estimate of drug-likeness (QED) is 0.757. The van der Waals surface area contributed by atoms with Crippen molar-refractivity contribution in [3.63, 3.8) is 0 Å². The second-order valence-corrected chi connectivity index (χ2v) is 6.18. The van der Waals surface area contributed by atoms with Gasteiger partial charge in [-0.2, -0.15) is 0 Å². The number of rotatable bonds is 3. The molecule has 2 N–H and O–H groups in total. The molecule has 1 fully saturated rings. The summed E-state index contributed by atoms with van der Waals surface area (Å²) in [6.45, 7) is 2.15. The largest absolute Gasteiger partial charge is 0.381 e. The van der Waals surface area contributed by atoms with Crippen LogP contribution in [0.15, 0.2) is 36.8 Å². The maximum absolute atomic E-state index is 4.39. The molecule has 4 rings (SSSR count). The lowest BCUT2D eigenvalue weighted by molar-refractivity contribution is 0.756. The fourth-order valence-corrected chi connectivity index (χ4v) is 3.37. The molecule has 0 bridgehead atoms. The van der Waals surface area contributed by atoms with Crippen LogP contribution in [0.2, 0.25) is 0 Å². The zero-order valence-electron chi connectivity index (χ0n) is 12.8. The molecular formula is C18H20N4. The minimum Gasteiger partial charge on any atom is -0.381 e. The highest BCUT2D eigenvalue weighted by Gasteiger charge is 2.17. The second kappa shape index (κ2) is 5.44. The molecule has 3 aromatic rings. The third kappa shape index (κ3) is 2.45. The average Bonchev–Trinajstić information content (AvgIpc) is 3.17. The first-order valence-electron chi connectivity index (χ1n) is 7.96. The number of H-pyrrole nitrogens is 1. The van der Waals surface area contributed by atoms with Gasteiger partial charge in [-0.1, -0.05) is 12.8 Å². The van der Waals surface area contributed by atoms with Crippen LogP contribution in [0.25, 0.3) is 22.3 Å². The normalized spacial score (nSPS) is 15.5. The molecular weight excluding hydrogens is 272 g/mol. The zero-order valence-corrected chi connectivity index (χ0v) is 12.8. The Hall–Kier alpha value is -2.36. The molecule has 0 atom stereocenters. The van der Waals surface area contributed by atoms with Gasteiger partial charge in [0.15, 0.2) is 0 Å². The third-order valence-corrected chi connectivity index (χ3v) is 4.43. The summed E-state index contributed by atoms with van der Waals surface area (Å²) in [4.78, 5) is 12.1. The maximum Gasteiger partial charge on any atom is 0.105 e. The van der Waals surface area contributed by atoms with Gasteiger partial charge in [0.2, 0.25) is 0 Å². The molecule has 22 heavy (non-hydrogen) atoms. The summed E-state index contributed by atoms with van der Waals surface area (Å²) in [7, 11) is 0. The van der Waals surface area contributed by atoms with Gasteiger partial charge in [0.1, 0.15) is 5.69 Å². The molecule has 2 aromatic heterocycles. The van der Waals surface area contributed by atoms with Crippen molar-refractivity contribution in [2.45, 2.75) is 38.6 Å². The van der Waals surface area contributed by atoms with Gasteiger partial charge < -0.3 is 10.3 Å². The van der Waals surface area contributed by atoms with Crippen LogP contribution in [-0.2, 0) is 0 Å². The van der Waals surface area contributed by atoms with Gasteiger partial charge in [-0.25, -0.2) is 0 Å². The van der Waals surface area contributed by atoms with Crippen molar-refractivity contribution in [3.8, 4) is 11.4 Å². The van der Waals surface area contributed by atoms with Gasteiger partial charge in [-0.05, 0) is 43.5 Å². The average molecular weight is 292 g/mol. The first kappa shape index (κ1) is 13.3. The van der Waals surface area contributed by atoms with Crippen LogP contribution in [-0.4, -0.2) is 21.0 Å². The van der Waals surface area contributed by atoms with E-state index in [0.29, 0.717) is 6.04 Å². The molecule has 0 amide bonds. The number of aryl methyl sites for hydroxylation is 1. The van der Waals surface area contributed by atoms with Gasteiger partial charge in [0.25, 0.3) is 0 Å². The molecule has 112 valence electrons. The molecule has 1 aromatic carbocycles. The molecule has 2 heterocycles. The van der Waals surface area contributed by atoms with E-state index >= 15 is 0 Å². The number of nitrogens with zero attached hydrogens (tertiary/aromatic N) is 2.